The Kier molecular flexibility index (Phi) is 6.86. The molecule has 2 aliphatic rings. The summed E-state index contributed by atoms with van der Waals surface area (Å²) in [6.45, 7) is 10.0. The van der Waals surface area contributed by atoms with Gasteiger partial charge in [0.05, 0.1) is 10.5 Å². The number of halogens is 3. The van der Waals surface area contributed by atoms with Crippen LogP contribution in [0.1, 0.15) is 13.8 Å². The van der Waals surface area contributed by atoms with Crippen molar-refractivity contribution in [3.05, 3.63) is 59.8 Å². The molecule has 4 heterocycles. The van der Waals surface area contributed by atoms with Crippen LogP contribution in [0.25, 0.3) is 32.9 Å². The molecule has 2 saturated heterocycles. The zero-order valence-corrected chi connectivity index (χ0v) is 24.2. The quantitative estimate of drug-likeness (QED) is 0.333. The van der Waals surface area contributed by atoms with E-state index in [-0.39, 0.29) is 39.6 Å². The highest BCUT2D eigenvalue weighted by molar-refractivity contribution is 6.35. The maximum absolute atomic E-state index is 16.6. The number of aromatic amines is 1. The molecular weight excluding hydrogens is 548 g/mol. The van der Waals surface area contributed by atoms with Crippen LogP contribution >= 0.6 is 11.6 Å². The third-order valence-electron chi connectivity index (χ3n) is 8.38. The van der Waals surface area contributed by atoms with E-state index in [1.165, 1.54) is 12.1 Å². The lowest BCUT2D eigenvalue weighted by molar-refractivity contribution is -0.128. The minimum atomic E-state index is -0.589. The number of aromatic nitrogens is 3. The molecule has 6 rings (SSSR count). The van der Waals surface area contributed by atoms with Gasteiger partial charge in [0.2, 0.25) is 11.9 Å². The molecule has 11 heteroatoms. The number of para-hydroxylation sites is 1. The Labute approximate surface area is 242 Å². The van der Waals surface area contributed by atoms with Gasteiger partial charge >= 0.3 is 0 Å². The van der Waals surface area contributed by atoms with Crippen molar-refractivity contribution in [2.24, 2.45) is 0 Å². The van der Waals surface area contributed by atoms with Crippen molar-refractivity contribution in [2.45, 2.75) is 32.0 Å². The summed E-state index contributed by atoms with van der Waals surface area (Å²) in [5, 5.41) is 1.19. The second kappa shape index (κ2) is 10.3. The summed E-state index contributed by atoms with van der Waals surface area (Å²) in [7, 11) is 4.06. The second-order valence-corrected chi connectivity index (χ2v) is 11.6. The molecule has 4 aromatic rings. The van der Waals surface area contributed by atoms with Crippen molar-refractivity contribution in [1.29, 1.82) is 0 Å². The molecule has 2 aromatic heterocycles. The lowest BCUT2D eigenvalue weighted by Gasteiger charge is -2.45. The van der Waals surface area contributed by atoms with Crippen molar-refractivity contribution >= 4 is 51.1 Å². The molecule has 41 heavy (non-hydrogen) atoms. The van der Waals surface area contributed by atoms with E-state index in [9.17, 15) is 9.18 Å². The number of benzene rings is 2. The number of carbonyl (C=O) groups excluding carboxylic acids is 1. The van der Waals surface area contributed by atoms with Gasteiger partial charge in [0.25, 0.3) is 0 Å². The van der Waals surface area contributed by atoms with Gasteiger partial charge in [0.15, 0.2) is 5.82 Å². The lowest BCUT2D eigenvalue weighted by Crippen LogP contribution is -2.59. The second-order valence-electron chi connectivity index (χ2n) is 11.2. The number of nitrogens with zero attached hydrogens (tertiary/aromatic N) is 6. The Morgan fingerprint density at radius 2 is 1.88 bits per heavy atom. The molecule has 2 atom stereocenters. The highest BCUT2D eigenvalue weighted by atomic mass is 35.5. The number of fused-ring (bicyclic) bond motifs is 2. The van der Waals surface area contributed by atoms with Gasteiger partial charge in [-0.15, -0.1) is 0 Å². The number of nitrogens with one attached hydrogen (secondary N) is 1. The van der Waals surface area contributed by atoms with E-state index in [1.807, 2.05) is 32.8 Å². The highest BCUT2D eigenvalue weighted by Gasteiger charge is 2.36. The first-order chi connectivity index (χ1) is 19.6. The molecular formula is C30H32ClF2N7O. The lowest BCUT2D eigenvalue weighted by atomic mass is 10.0. The summed E-state index contributed by atoms with van der Waals surface area (Å²) in [6, 6.07) is 6.49. The van der Waals surface area contributed by atoms with E-state index < -0.39 is 11.6 Å². The molecule has 1 amide bonds. The summed E-state index contributed by atoms with van der Waals surface area (Å²) >= 11 is 6.79. The van der Waals surface area contributed by atoms with Crippen LogP contribution in [0, 0.1) is 11.6 Å². The van der Waals surface area contributed by atoms with Gasteiger partial charge < -0.3 is 24.6 Å². The van der Waals surface area contributed by atoms with E-state index in [1.54, 1.807) is 29.3 Å². The Morgan fingerprint density at radius 3 is 2.59 bits per heavy atom. The van der Waals surface area contributed by atoms with Gasteiger partial charge in [0.1, 0.15) is 17.2 Å². The number of piperazine rings is 1. The Bertz CT molecular complexity index is 1680. The summed E-state index contributed by atoms with van der Waals surface area (Å²) in [6.07, 6.45) is 2.90. The van der Waals surface area contributed by atoms with Gasteiger partial charge in [-0.1, -0.05) is 30.3 Å². The molecule has 0 radical (unpaired) electrons. The zero-order valence-electron chi connectivity index (χ0n) is 23.5. The largest absolute Gasteiger partial charge is 0.358 e. The molecule has 0 bridgehead atoms. The molecule has 214 valence electrons. The van der Waals surface area contributed by atoms with Crippen molar-refractivity contribution < 1.29 is 13.6 Å². The average Bonchev–Trinajstić information content (AvgIpc) is 3.33. The van der Waals surface area contributed by atoms with Crippen LogP contribution in [0.3, 0.4) is 0 Å². The number of hydrogen-bond acceptors (Lipinski definition) is 6. The van der Waals surface area contributed by atoms with E-state index in [0.29, 0.717) is 47.2 Å². The van der Waals surface area contributed by atoms with Crippen LogP contribution in [0.15, 0.2) is 43.1 Å². The van der Waals surface area contributed by atoms with Crippen molar-refractivity contribution in [1.82, 2.24) is 24.8 Å². The predicted octanol–water partition coefficient (Wildman–Crippen LogP) is 5.07. The third-order valence-corrected chi connectivity index (χ3v) is 8.67. The van der Waals surface area contributed by atoms with E-state index in [4.69, 9.17) is 21.6 Å². The Balaban J connectivity index is 1.52. The van der Waals surface area contributed by atoms with Gasteiger partial charge in [-0.25, -0.2) is 13.8 Å². The number of rotatable bonds is 5. The first-order valence-corrected chi connectivity index (χ1v) is 14.0. The minimum Gasteiger partial charge on any atom is -0.358 e. The van der Waals surface area contributed by atoms with Gasteiger partial charge in [-0.3, -0.25) is 4.79 Å². The highest BCUT2D eigenvalue weighted by Crippen LogP contribution is 2.42. The molecule has 8 nitrogen and oxygen atoms in total. The average molecular weight is 580 g/mol. The summed E-state index contributed by atoms with van der Waals surface area (Å²) < 4.78 is 31.1. The Morgan fingerprint density at radius 1 is 1.12 bits per heavy atom. The number of H-pyrrole nitrogens is 1. The third kappa shape index (κ3) is 4.49. The van der Waals surface area contributed by atoms with Crippen LogP contribution in [0.4, 0.5) is 20.5 Å². The predicted molar refractivity (Wildman–Crippen MR) is 160 cm³/mol. The topological polar surface area (TPSA) is 71.6 Å². The van der Waals surface area contributed by atoms with Crippen LogP contribution in [-0.2, 0) is 4.79 Å². The number of hydrogen-bond donors (Lipinski definition) is 1. The molecule has 0 aliphatic carbocycles. The maximum Gasteiger partial charge on any atom is 0.246 e. The number of anilines is 2. The van der Waals surface area contributed by atoms with E-state index >= 15 is 4.39 Å². The van der Waals surface area contributed by atoms with Crippen LogP contribution in [0.2, 0.25) is 5.02 Å². The number of likely N-dealkylation sites (N-methyl/N-ethyl adjacent to an activating group) is 1. The van der Waals surface area contributed by atoms with E-state index in [0.717, 1.165) is 13.1 Å². The smallest absolute Gasteiger partial charge is 0.246 e. The minimum absolute atomic E-state index is 0.106. The molecule has 0 saturated carbocycles. The van der Waals surface area contributed by atoms with Crippen LogP contribution in [-0.4, -0.2) is 89.1 Å². The number of amides is 1. The fourth-order valence-electron chi connectivity index (χ4n) is 5.89. The molecule has 2 fully saturated rings. The Hall–Kier alpha value is -3.76. The normalized spacial score (nSPS) is 19.9. The monoisotopic (exact) mass is 579 g/mol. The van der Waals surface area contributed by atoms with Crippen molar-refractivity contribution in [3.63, 3.8) is 0 Å². The SMILES string of the molecule is C=CC(=O)N1C[C@H](C)N(c2nc(N3CC(N(C)C)C3)nc3c(F)c(-c4c[nH]c5c(F)cccc45)c(Cl)cc23)C[C@H]1C. The fraction of sp³-hybridized carbons (Fsp3) is 0.367. The molecule has 0 spiro atoms. The zero-order chi connectivity index (χ0) is 29.2. The van der Waals surface area contributed by atoms with Gasteiger partial charge in [-0.05, 0) is 46.2 Å². The van der Waals surface area contributed by atoms with Crippen LogP contribution < -0.4 is 9.80 Å². The molecule has 2 aliphatic heterocycles. The van der Waals surface area contributed by atoms with Crippen molar-refractivity contribution in [2.75, 3.05) is 50.1 Å². The molecule has 0 unspecified atom stereocenters. The van der Waals surface area contributed by atoms with Gasteiger partial charge in [0, 0.05) is 72.4 Å². The number of carbonyl (C=O) groups is 1. The fourth-order valence-corrected chi connectivity index (χ4v) is 6.18. The van der Waals surface area contributed by atoms with Gasteiger partial charge in [-0.2, -0.15) is 4.98 Å². The standard InChI is InChI=1S/C30H32ClF2N7O/c1-6-24(41)39-12-17(3)40(13-16(39)2)29-20-10-22(31)25(21-11-34-27-19(21)8-7-9-23(27)32)26(33)28(20)35-30(36-29)38-14-18(15-38)37(4)5/h6-11,16-18,34H,1,12-15H2,2-5H3/t16-,17+/m1/s1. The summed E-state index contributed by atoms with van der Waals surface area (Å²) in [5.41, 5.74) is 1.05. The summed E-state index contributed by atoms with van der Waals surface area (Å²) in [5.74, 6) is -0.133. The molecule has 2 aromatic carbocycles. The first-order valence-electron chi connectivity index (χ1n) is 13.7. The van der Waals surface area contributed by atoms with Crippen molar-refractivity contribution in [3.8, 4) is 11.1 Å². The molecule has 1 N–H and O–H groups in total. The summed E-state index contributed by atoms with van der Waals surface area (Å²) in [4.78, 5) is 33.2. The first kappa shape index (κ1) is 27.4. The maximum atomic E-state index is 16.6. The van der Waals surface area contributed by atoms with Crippen LogP contribution in [0.5, 0.6) is 0 Å². The van der Waals surface area contributed by atoms with E-state index in [2.05, 4.69) is 21.4 Å².